The van der Waals surface area contributed by atoms with Crippen molar-refractivity contribution in [2.24, 2.45) is 0 Å². The van der Waals surface area contributed by atoms with Gasteiger partial charge in [-0.1, -0.05) is 63.3 Å². The third kappa shape index (κ3) is 9.67. The maximum Gasteiger partial charge on any atom is 0.330 e. The molecule has 0 radical (unpaired) electrons. The van der Waals surface area contributed by atoms with E-state index in [1.165, 1.54) is 49.2 Å². The Morgan fingerprint density at radius 1 is 0.909 bits per heavy atom. The molecule has 0 atom stereocenters. The van der Waals surface area contributed by atoms with Gasteiger partial charge in [-0.25, -0.2) is 4.79 Å². The number of benzene rings is 1. The molecular weight excluding hydrogens is 292 g/mol. The van der Waals surface area contributed by atoms with Gasteiger partial charge in [-0.2, -0.15) is 0 Å². The van der Waals surface area contributed by atoms with E-state index in [2.05, 4.69) is 36.9 Å². The minimum Gasteiger partial charge on any atom is -0.478 e. The summed E-state index contributed by atoms with van der Waals surface area (Å²) in [5.74, 6) is 0.356. The molecule has 0 aromatic heterocycles. The smallest absolute Gasteiger partial charge is 0.330 e. The van der Waals surface area contributed by atoms with Crippen LogP contribution in [0.4, 0.5) is 0 Å². The van der Waals surface area contributed by atoms with Crippen LogP contribution < -0.4 is 0 Å². The lowest BCUT2D eigenvalue weighted by atomic mass is 10.1. The van der Waals surface area contributed by atoms with Crippen LogP contribution in [0.25, 0.3) is 0 Å². The molecule has 1 aromatic rings. The fourth-order valence-corrected chi connectivity index (χ4v) is 3.25. The molecule has 0 saturated carbocycles. The van der Waals surface area contributed by atoms with Crippen molar-refractivity contribution in [2.45, 2.75) is 62.7 Å². The van der Waals surface area contributed by atoms with Crippen LogP contribution in [0.3, 0.4) is 0 Å². The van der Waals surface area contributed by atoms with E-state index in [0.717, 1.165) is 12.8 Å². The van der Waals surface area contributed by atoms with Gasteiger partial charge < -0.3 is 5.11 Å². The lowest BCUT2D eigenvalue weighted by Crippen LogP contribution is -1.98. The first-order valence-corrected chi connectivity index (χ1v) is 9.27. The van der Waals surface area contributed by atoms with Gasteiger partial charge in [0, 0.05) is 10.5 Å². The molecule has 1 aromatic carbocycles. The standard InChI is InChI=1S/C19H28O2S/c1-17(19(20)21)13-9-6-4-2-3-5-7-12-16-22-18-14-10-8-11-15-18/h8,10-11,14-15H,1-7,9,12-13,16H2,(H,20,21). The van der Waals surface area contributed by atoms with Crippen LogP contribution in [0.2, 0.25) is 0 Å². The summed E-state index contributed by atoms with van der Waals surface area (Å²) in [6.45, 7) is 3.55. The highest BCUT2D eigenvalue weighted by Gasteiger charge is 2.02. The van der Waals surface area contributed by atoms with Crippen molar-refractivity contribution in [2.75, 3.05) is 5.75 Å². The summed E-state index contributed by atoms with van der Waals surface area (Å²) in [7, 11) is 0. The molecule has 0 aliphatic rings. The van der Waals surface area contributed by atoms with Crippen LogP contribution in [0.1, 0.15) is 57.8 Å². The van der Waals surface area contributed by atoms with Gasteiger partial charge in [-0.05, 0) is 37.1 Å². The summed E-state index contributed by atoms with van der Waals surface area (Å²) in [6, 6.07) is 10.6. The predicted octanol–water partition coefficient (Wildman–Crippen LogP) is 5.93. The zero-order valence-electron chi connectivity index (χ0n) is 13.4. The summed E-state index contributed by atoms with van der Waals surface area (Å²) >= 11 is 1.94. The number of carboxylic acids is 1. The normalized spacial score (nSPS) is 10.5. The van der Waals surface area contributed by atoms with Gasteiger partial charge in [0.05, 0.1) is 0 Å². The van der Waals surface area contributed by atoms with Crippen LogP contribution in [-0.4, -0.2) is 16.8 Å². The van der Waals surface area contributed by atoms with Gasteiger partial charge in [0.15, 0.2) is 0 Å². The van der Waals surface area contributed by atoms with Crippen LogP contribution in [0.5, 0.6) is 0 Å². The van der Waals surface area contributed by atoms with Crippen LogP contribution in [0, 0.1) is 0 Å². The molecule has 0 heterocycles. The molecule has 0 bridgehead atoms. The summed E-state index contributed by atoms with van der Waals surface area (Å²) in [5.41, 5.74) is 0.343. The van der Waals surface area contributed by atoms with E-state index in [1.54, 1.807) is 0 Å². The minimum absolute atomic E-state index is 0.343. The molecule has 1 rings (SSSR count). The molecule has 122 valence electrons. The average molecular weight is 320 g/mol. The number of carboxylic acid groups (broad SMARTS) is 1. The lowest BCUT2D eigenvalue weighted by Gasteiger charge is -2.03. The molecule has 0 fully saturated rings. The summed E-state index contributed by atoms with van der Waals surface area (Å²) in [4.78, 5) is 11.9. The zero-order chi connectivity index (χ0) is 16.0. The zero-order valence-corrected chi connectivity index (χ0v) is 14.2. The third-order valence-corrected chi connectivity index (χ3v) is 4.79. The SMILES string of the molecule is C=C(CCCCCCCCCCSc1ccccc1)C(=O)O. The van der Waals surface area contributed by atoms with Crippen molar-refractivity contribution >= 4 is 17.7 Å². The van der Waals surface area contributed by atoms with Gasteiger partial charge in [0.1, 0.15) is 0 Å². The van der Waals surface area contributed by atoms with Crippen molar-refractivity contribution in [3.63, 3.8) is 0 Å². The van der Waals surface area contributed by atoms with E-state index in [0.29, 0.717) is 12.0 Å². The molecule has 0 unspecified atom stereocenters. The second-order valence-corrected chi connectivity index (χ2v) is 6.82. The maximum atomic E-state index is 10.6. The first-order valence-electron chi connectivity index (χ1n) is 8.29. The molecule has 3 heteroatoms. The van der Waals surface area contributed by atoms with Crippen LogP contribution >= 0.6 is 11.8 Å². The molecule has 0 saturated heterocycles. The molecule has 0 aliphatic carbocycles. The monoisotopic (exact) mass is 320 g/mol. The Kier molecular flexibility index (Phi) is 10.6. The highest BCUT2D eigenvalue weighted by atomic mass is 32.2. The fraction of sp³-hybridized carbons (Fsp3) is 0.526. The highest BCUT2D eigenvalue weighted by Crippen LogP contribution is 2.19. The summed E-state index contributed by atoms with van der Waals surface area (Å²) in [5, 5.41) is 8.70. The van der Waals surface area contributed by atoms with Crippen molar-refractivity contribution < 1.29 is 9.90 Å². The van der Waals surface area contributed by atoms with Crippen molar-refractivity contribution in [1.82, 2.24) is 0 Å². The Labute approximate surface area is 139 Å². The molecule has 0 spiro atoms. The first-order chi connectivity index (χ1) is 10.7. The van der Waals surface area contributed by atoms with E-state index in [9.17, 15) is 4.79 Å². The van der Waals surface area contributed by atoms with Crippen molar-refractivity contribution in [3.8, 4) is 0 Å². The van der Waals surface area contributed by atoms with Gasteiger partial charge in [-0.3, -0.25) is 0 Å². The number of carbonyl (C=O) groups is 1. The topological polar surface area (TPSA) is 37.3 Å². The molecule has 0 aliphatic heterocycles. The van der Waals surface area contributed by atoms with Crippen LogP contribution in [0.15, 0.2) is 47.4 Å². The Hall–Kier alpha value is -1.22. The third-order valence-electron chi connectivity index (χ3n) is 3.69. The quantitative estimate of drug-likeness (QED) is 0.278. The molecule has 2 nitrogen and oxygen atoms in total. The van der Waals surface area contributed by atoms with Gasteiger partial charge in [0.25, 0.3) is 0 Å². The van der Waals surface area contributed by atoms with Crippen molar-refractivity contribution in [1.29, 1.82) is 0 Å². The number of hydrogen-bond acceptors (Lipinski definition) is 2. The summed E-state index contributed by atoms with van der Waals surface area (Å²) < 4.78 is 0. The summed E-state index contributed by atoms with van der Waals surface area (Å²) in [6.07, 6.45) is 10.4. The number of aliphatic carboxylic acids is 1. The van der Waals surface area contributed by atoms with E-state index in [-0.39, 0.29) is 0 Å². The number of unbranched alkanes of at least 4 members (excludes halogenated alkanes) is 7. The van der Waals surface area contributed by atoms with Gasteiger partial charge in [-0.15, -0.1) is 11.8 Å². The molecule has 22 heavy (non-hydrogen) atoms. The second kappa shape index (κ2) is 12.3. The Balaban J connectivity index is 1.82. The fourth-order valence-electron chi connectivity index (χ4n) is 2.31. The Morgan fingerprint density at radius 2 is 1.45 bits per heavy atom. The molecular formula is C19H28O2S. The minimum atomic E-state index is -0.853. The maximum absolute atomic E-state index is 10.6. The first kappa shape index (κ1) is 18.8. The number of rotatable bonds is 13. The van der Waals surface area contributed by atoms with Crippen LogP contribution in [-0.2, 0) is 4.79 Å². The van der Waals surface area contributed by atoms with E-state index in [1.807, 2.05) is 11.8 Å². The van der Waals surface area contributed by atoms with Gasteiger partial charge >= 0.3 is 5.97 Å². The predicted molar refractivity (Wildman–Crippen MR) is 95.5 cm³/mol. The average Bonchev–Trinajstić information content (AvgIpc) is 2.53. The van der Waals surface area contributed by atoms with Crippen molar-refractivity contribution in [3.05, 3.63) is 42.5 Å². The Bertz CT molecular complexity index is 428. The molecule has 0 amide bonds. The van der Waals surface area contributed by atoms with Gasteiger partial charge in [0.2, 0.25) is 0 Å². The van der Waals surface area contributed by atoms with E-state index in [4.69, 9.17) is 5.11 Å². The second-order valence-electron chi connectivity index (χ2n) is 5.65. The number of thioether (sulfide) groups is 1. The van der Waals surface area contributed by atoms with E-state index < -0.39 is 5.97 Å². The lowest BCUT2D eigenvalue weighted by molar-refractivity contribution is -0.132. The molecule has 1 N–H and O–H groups in total. The number of hydrogen-bond donors (Lipinski definition) is 1. The Morgan fingerprint density at radius 3 is 2.05 bits per heavy atom. The van der Waals surface area contributed by atoms with E-state index >= 15 is 0 Å². The highest BCUT2D eigenvalue weighted by molar-refractivity contribution is 7.99. The largest absolute Gasteiger partial charge is 0.478 e.